The summed E-state index contributed by atoms with van der Waals surface area (Å²) in [6, 6.07) is 30.5. The van der Waals surface area contributed by atoms with Gasteiger partial charge in [0.15, 0.2) is 0 Å². The molecule has 2 heterocycles. The normalized spacial score (nSPS) is 14.7. The van der Waals surface area contributed by atoms with Gasteiger partial charge in [0.2, 0.25) is 0 Å². The Morgan fingerprint density at radius 1 is 0.909 bits per heavy atom. The number of benzene rings is 4. The molecule has 0 saturated heterocycles. The van der Waals surface area contributed by atoms with Crippen molar-refractivity contribution in [2.45, 2.75) is 33.2 Å². The molecule has 6 rings (SSSR count). The van der Waals surface area contributed by atoms with Crippen molar-refractivity contribution in [3.8, 4) is 5.75 Å². The first-order chi connectivity index (χ1) is 21.5. The largest absolute Gasteiger partial charge is 0.493 e. The summed E-state index contributed by atoms with van der Waals surface area (Å²) >= 11 is 0. The molecule has 0 fully saturated rings. The number of ether oxygens (including phenoxy) is 2. The standard InChI is InChI=1S/C37H38N4O3/c1-3-43-37(42)36-30(19-11-23-44-33-20-9-13-26-12-7-8-16-28(26)33)29-17-10-18-31-34(25(2)38)32(39)24-40(21-22-41(36)35(29)31)27-14-5-4-6-15-27/h4-10,12-18,20,39H,3,11,19,21-24,38H2,1-2H3. The van der Waals surface area contributed by atoms with E-state index in [1.165, 1.54) is 0 Å². The maximum Gasteiger partial charge on any atom is 0.355 e. The average molecular weight is 587 g/mol. The number of para-hydroxylation sites is 2. The van der Waals surface area contributed by atoms with E-state index < -0.39 is 0 Å². The van der Waals surface area contributed by atoms with Gasteiger partial charge in [0.25, 0.3) is 0 Å². The first-order valence-electron chi connectivity index (χ1n) is 15.2. The summed E-state index contributed by atoms with van der Waals surface area (Å²) in [7, 11) is 0. The quantitative estimate of drug-likeness (QED) is 0.148. The van der Waals surface area contributed by atoms with E-state index in [-0.39, 0.29) is 12.6 Å². The minimum atomic E-state index is -0.338. The highest BCUT2D eigenvalue weighted by molar-refractivity contribution is 6.27. The third-order valence-corrected chi connectivity index (χ3v) is 8.26. The predicted molar refractivity (Wildman–Crippen MR) is 179 cm³/mol. The number of aromatic nitrogens is 1. The van der Waals surface area contributed by atoms with Gasteiger partial charge in [-0.15, -0.1) is 0 Å². The summed E-state index contributed by atoms with van der Waals surface area (Å²) in [5, 5.41) is 12.4. The summed E-state index contributed by atoms with van der Waals surface area (Å²) in [5.41, 5.74) is 12.5. The maximum absolute atomic E-state index is 13.7. The van der Waals surface area contributed by atoms with Gasteiger partial charge in [-0.05, 0) is 55.8 Å². The van der Waals surface area contributed by atoms with Crippen molar-refractivity contribution >= 4 is 44.6 Å². The van der Waals surface area contributed by atoms with Crippen LogP contribution in [0.3, 0.4) is 0 Å². The van der Waals surface area contributed by atoms with Crippen molar-refractivity contribution in [1.82, 2.24) is 4.57 Å². The van der Waals surface area contributed by atoms with Gasteiger partial charge in [-0.25, -0.2) is 4.79 Å². The zero-order chi connectivity index (χ0) is 30.6. The lowest BCUT2D eigenvalue weighted by atomic mass is 9.95. The van der Waals surface area contributed by atoms with Gasteiger partial charge < -0.3 is 30.1 Å². The highest BCUT2D eigenvalue weighted by Gasteiger charge is 2.29. The van der Waals surface area contributed by atoms with Gasteiger partial charge in [0.05, 0.1) is 31.0 Å². The Kier molecular flexibility index (Phi) is 8.37. The van der Waals surface area contributed by atoms with Crippen LogP contribution < -0.4 is 15.4 Å². The minimum Gasteiger partial charge on any atom is -0.493 e. The molecule has 0 unspecified atom stereocenters. The molecule has 44 heavy (non-hydrogen) atoms. The second-order valence-corrected chi connectivity index (χ2v) is 11.1. The van der Waals surface area contributed by atoms with E-state index in [0.29, 0.717) is 61.8 Å². The number of nitrogens with zero attached hydrogens (tertiary/aromatic N) is 2. The van der Waals surface area contributed by atoms with E-state index in [4.69, 9.17) is 15.2 Å². The zero-order valence-electron chi connectivity index (χ0n) is 25.3. The van der Waals surface area contributed by atoms with Crippen molar-refractivity contribution < 1.29 is 14.3 Å². The Balaban J connectivity index is 1.41. The molecule has 0 aliphatic carbocycles. The first kappa shape index (κ1) is 29.1. The molecule has 0 saturated carbocycles. The molecule has 4 aromatic carbocycles. The van der Waals surface area contributed by atoms with E-state index in [1.807, 2.05) is 68.4 Å². The number of carbonyl (C=O) groups excluding carboxylic acids is 1. The van der Waals surface area contributed by atoms with Crippen LogP contribution in [0.15, 0.2) is 96.7 Å². The van der Waals surface area contributed by atoms with Crippen LogP contribution in [0.1, 0.15) is 41.9 Å². The number of nitrogens with two attached hydrogens (primary N) is 1. The van der Waals surface area contributed by atoms with Crippen LogP contribution in [-0.2, 0) is 17.7 Å². The highest BCUT2D eigenvalue weighted by Crippen LogP contribution is 2.36. The van der Waals surface area contributed by atoms with Crippen LogP contribution in [-0.4, -0.2) is 42.6 Å². The van der Waals surface area contributed by atoms with Crippen molar-refractivity contribution in [3.05, 3.63) is 114 Å². The van der Waals surface area contributed by atoms with E-state index >= 15 is 0 Å². The number of nitrogens with one attached hydrogen (secondary N) is 1. The van der Waals surface area contributed by atoms with Gasteiger partial charge in [-0.2, -0.15) is 0 Å². The molecule has 7 nitrogen and oxygen atoms in total. The molecule has 3 N–H and O–H groups in total. The number of hydrogen-bond acceptors (Lipinski definition) is 6. The van der Waals surface area contributed by atoms with E-state index in [0.717, 1.165) is 44.2 Å². The summed E-state index contributed by atoms with van der Waals surface area (Å²) in [4.78, 5) is 15.9. The molecule has 224 valence electrons. The van der Waals surface area contributed by atoms with Crippen molar-refractivity contribution in [2.24, 2.45) is 5.73 Å². The van der Waals surface area contributed by atoms with Crippen LogP contribution in [0.4, 0.5) is 5.69 Å². The number of esters is 1. The van der Waals surface area contributed by atoms with Crippen molar-refractivity contribution in [3.63, 3.8) is 0 Å². The topological polar surface area (TPSA) is 93.6 Å². The third-order valence-electron chi connectivity index (χ3n) is 8.26. The van der Waals surface area contributed by atoms with Gasteiger partial charge >= 0.3 is 5.97 Å². The number of rotatable bonds is 8. The smallest absolute Gasteiger partial charge is 0.355 e. The molecule has 0 amide bonds. The second-order valence-electron chi connectivity index (χ2n) is 11.1. The predicted octanol–water partition coefficient (Wildman–Crippen LogP) is 7.21. The molecule has 7 heteroatoms. The summed E-state index contributed by atoms with van der Waals surface area (Å²) in [5.74, 6) is 0.517. The van der Waals surface area contributed by atoms with Gasteiger partial charge in [0, 0.05) is 46.4 Å². The minimum absolute atomic E-state index is 0.282. The summed E-state index contributed by atoms with van der Waals surface area (Å²) < 4.78 is 14.0. The Hall–Kier alpha value is -5.04. The fraction of sp³-hybridized carbons (Fsp3) is 0.243. The average Bonchev–Trinajstić information content (AvgIpc) is 3.37. The molecule has 0 atom stereocenters. The molecule has 0 spiro atoms. The highest BCUT2D eigenvalue weighted by atomic mass is 16.5. The molecule has 1 aromatic heterocycles. The third kappa shape index (κ3) is 5.53. The Bertz CT molecular complexity index is 1860. The Labute approximate surface area is 258 Å². The number of carbonyl (C=O) groups is 1. The molecule has 0 radical (unpaired) electrons. The molecular weight excluding hydrogens is 548 g/mol. The molecule has 0 bridgehead atoms. The van der Waals surface area contributed by atoms with Crippen molar-refractivity contribution in [2.75, 3.05) is 31.2 Å². The SMILES string of the molecule is CCOC(=O)c1c(CCCOc2cccc3ccccc23)c2cccc3c2n1CCN(c1ccccc1)CC(=N)C3=C(C)N. The number of allylic oxidation sites excluding steroid dienone is 1. The lowest BCUT2D eigenvalue weighted by Crippen LogP contribution is -2.33. The van der Waals surface area contributed by atoms with Crippen LogP contribution >= 0.6 is 0 Å². The number of aryl methyl sites for hydroxylation is 1. The summed E-state index contributed by atoms with van der Waals surface area (Å²) in [6.45, 7) is 6.03. The van der Waals surface area contributed by atoms with Gasteiger partial charge in [0.1, 0.15) is 11.4 Å². The second kappa shape index (κ2) is 12.7. The number of hydrogen-bond donors (Lipinski definition) is 2. The van der Waals surface area contributed by atoms with Crippen molar-refractivity contribution in [1.29, 1.82) is 5.41 Å². The van der Waals surface area contributed by atoms with Crippen LogP contribution in [0.25, 0.3) is 27.2 Å². The Morgan fingerprint density at radius 3 is 2.43 bits per heavy atom. The molecular formula is C37H38N4O3. The van der Waals surface area contributed by atoms with Gasteiger partial charge in [-0.1, -0.05) is 72.8 Å². The van der Waals surface area contributed by atoms with E-state index in [1.54, 1.807) is 0 Å². The monoisotopic (exact) mass is 586 g/mol. The molecule has 5 aromatic rings. The molecule has 1 aliphatic rings. The fourth-order valence-electron chi connectivity index (χ4n) is 6.39. The van der Waals surface area contributed by atoms with Crippen LogP contribution in [0.5, 0.6) is 5.75 Å². The van der Waals surface area contributed by atoms with Crippen LogP contribution in [0, 0.1) is 5.41 Å². The fourth-order valence-corrected chi connectivity index (χ4v) is 6.39. The van der Waals surface area contributed by atoms with Gasteiger partial charge in [-0.3, -0.25) is 0 Å². The number of fused-ring (bicyclic) bond motifs is 1. The molecule has 1 aliphatic heterocycles. The zero-order valence-corrected chi connectivity index (χ0v) is 25.3. The number of anilines is 1. The maximum atomic E-state index is 13.7. The lowest BCUT2D eigenvalue weighted by molar-refractivity contribution is 0.0513. The van der Waals surface area contributed by atoms with Crippen LogP contribution in [0.2, 0.25) is 0 Å². The Morgan fingerprint density at radius 2 is 1.64 bits per heavy atom. The summed E-state index contributed by atoms with van der Waals surface area (Å²) in [6.07, 6.45) is 1.34. The lowest BCUT2D eigenvalue weighted by Gasteiger charge is -2.25. The van der Waals surface area contributed by atoms with E-state index in [2.05, 4.69) is 45.9 Å². The first-order valence-corrected chi connectivity index (χ1v) is 15.2. The van der Waals surface area contributed by atoms with E-state index in [9.17, 15) is 10.2 Å².